The molecule has 0 bridgehead atoms. The molecule has 3 aliphatic rings. The Bertz CT molecular complexity index is 706. The van der Waals surface area contributed by atoms with Crippen LogP contribution in [0.25, 0.3) is 9.96 Å². The van der Waals surface area contributed by atoms with E-state index >= 15 is 0 Å². The summed E-state index contributed by atoms with van der Waals surface area (Å²) in [5, 5.41) is 0. The maximum atomic E-state index is 5.64. The Morgan fingerprint density at radius 3 is 0.875 bits per heavy atom. The van der Waals surface area contributed by atoms with Crippen molar-refractivity contribution in [3.05, 3.63) is 76.8 Å². The number of nitrogens with zero attached hydrogens (tertiary/aromatic N) is 2. The molecule has 0 aliphatic heterocycles. The standard InChI is InChI=1S/C28H52N2Si2.6CH3.2Ti/c1-17-18(2)22(6)27(21(17)5)31(9,10)29-25-13-15-26(16-14-25)30-32(11,12)28-23(7)19(3)20(4)24(28)8;;;;;;;;/h17,19,21,23,25-28H,13-16H2,1-12H3;6*1H3;;/q-2;6*-1;2*+4/t17-,19-,21+,23+,25?,26?,27+,28+;;;;;;;;/m0......../s1. The van der Waals surface area contributed by atoms with Gasteiger partial charge in [-0.15, -0.1) is 12.1 Å². The molecule has 0 saturated heterocycles. The average Bonchev–Trinajstić information content (AvgIpc) is 3.02. The van der Waals surface area contributed by atoms with Crippen molar-refractivity contribution < 1.29 is 43.4 Å². The Balaban J connectivity index is -0.000000361. The molecule has 40 heavy (non-hydrogen) atoms. The predicted molar refractivity (Wildman–Crippen MR) is 187 cm³/mol. The smallest absolute Gasteiger partial charge is 0.661 e. The van der Waals surface area contributed by atoms with E-state index in [0.29, 0.717) is 12.1 Å². The van der Waals surface area contributed by atoms with Gasteiger partial charge in [-0.2, -0.15) is 0 Å². The summed E-state index contributed by atoms with van der Waals surface area (Å²) in [6, 6.07) is 1.16. The Kier molecular flexibility index (Phi) is 27.3. The van der Waals surface area contributed by atoms with Crippen molar-refractivity contribution in [2.24, 2.45) is 23.7 Å². The van der Waals surface area contributed by atoms with Gasteiger partial charge in [0.15, 0.2) is 0 Å². The molecule has 0 aromatic heterocycles. The van der Waals surface area contributed by atoms with Gasteiger partial charge in [-0.25, -0.2) is 0 Å². The van der Waals surface area contributed by atoms with Gasteiger partial charge in [0.05, 0.1) is 0 Å². The Labute approximate surface area is 288 Å². The van der Waals surface area contributed by atoms with Crippen LogP contribution in [-0.4, -0.2) is 28.6 Å². The van der Waals surface area contributed by atoms with Crippen LogP contribution in [0.5, 0.6) is 0 Å². The van der Waals surface area contributed by atoms with Crippen LogP contribution in [0.3, 0.4) is 0 Å². The van der Waals surface area contributed by atoms with Crippen LogP contribution in [0, 0.1) is 68.2 Å². The van der Waals surface area contributed by atoms with E-state index in [1.807, 2.05) is 0 Å². The molecule has 0 spiro atoms. The summed E-state index contributed by atoms with van der Waals surface area (Å²) >= 11 is 0. The molecule has 0 unspecified atom stereocenters. The second kappa shape index (κ2) is 20.3. The van der Waals surface area contributed by atoms with Crippen molar-refractivity contribution in [3.63, 3.8) is 0 Å². The molecule has 6 atom stereocenters. The molecule has 0 aromatic carbocycles. The zero-order valence-corrected chi connectivity index (χ0v) is 35.5. The van der Waals surface area contributed by atoms with E-state index in [4.69, 9.17) is 9.96 Å². The molecule has 0 amide bonds. The summed E-state index contributed by atoms with van der Waals surface area (Å²) in [5.74, 6) is 2.97. The maximum Gasteiger partial charge on any atom is 4.00 e. The van der Waals surface area contributed by atoms with Crippen LogP contribution < -0.4 is 0 Å². The van der Waals surface area contributed by atoms with Crippen molar-refractivity contribution in [3.8, 4) is 0 Å². The first kappa shape index (κ1) is 53.8. The molecule has 0 N–H and O–H groups in total. The topological polar surface area (TPSA) is 28.2 Å². The summed E-state index contributed by atoms with van der Waals surface area (Å²) in [6.07, 6.45) is 5.05. The molecule has 232 valence electrons. The minimum Gasteiger partial charge on any atom is -0.661 e. The third-order valence-electron chi connectivity index (χ3n) is 10.4. The van der Waals surface area contributed by atoms with Gasteiger partial charge in [0.25, 0.3) is 0 Å². The van der Waals surface area contributed by atoms with Gasteiger partial charge >= 0.3 is 43.4 Å². The van der Waals surface area contributed by atoms with Crippen molar-refractivity contribution in [2.45, 2.75) is 130 Å². The van der Waals surface area contributed by atoms with E-state index in [2.05, 4.69) is 81.6 Å². The third-order valence-corrected chi connectivity index (χ3v) is 17.4. The minimum atomic E-state index is -1.65. The molecule has 1 fully saturated rings. The van der Waals surface area contributed by atoms with Gasteiger partial charge in [-0.3, -0.25) is 0 Å². The second-order valence-corrected chi connectivity index (χ2v) is 21.4. The molecule has 0 heterocycles. The fourth-order valence-electron chi connectivity index (χ4n) is 8.13. The fourth-order valence-corrected chi connectivity index (χ4v) is 16.6. The average molecular weight is 659 g/mol. The van der Waals surface area contributed by atoms with Gasteiger partial charge in [-0.05, 0) is 62.4 Å². The zero-order chi connectivity index (χ0) is 24.2. The van der Waals surface area contributed by atoms with E-state index < -0.39 is 16.5 Å². The van der Waals surface area contributed by atoms with Crippen molar-refractivity contribution in [1.29, 1.82) is 0 Å². The van der Waals surface area contributed by atoms with E-state index in [0.717, 1.165) is 34.8 Å². The van der Waals surface area contributed by atoms with Crippen molar-refractivity contribution in [2.75, 3.05) is 0 Å². The van der Waals surface area contributed by atoms with Gasteiger partial charge in [-0.1, -0.05) is 118 Å². The maximum absolute atomic E-state index is 5.64. The van der Waals surface area contributed by atoms with E-state index in [-0.39, 0.29) is 88.0 Å². The summed E-state index contributed by atoms with van der Waals surface area (Å²) in [7, 11) is -3.30. The number of rotatable bonds is 6. The summed E-state index contributed by atoms with van der Waals surface area (Å²) in [6.45, 7) is 29.5. The monoisotopic (exact) mass is 658 g/mol. The van der Waals surface area contributed by atoms with Crippen LogP contribution in [0.1, 0.15) is 81.1 Å². The van der Waals surface area contributed by atoms with Gasteiger partial charge < -0.3 is 54.5 Å². The molecule has 3 aliphatic carbocycles. The first-order chi connectivity index (χ1) is 14.7. The summed E-state index contributed by atoms with van der Waals surface area (Å²) in [4.78, 5) is 11.3. The van der Waals surface area contributed by atoms with Gasteiger partial charge in [0.2, 0.25) is 0 Å². The number of hydrogen-bond acceptors (Lipinski definition) is 0. The second-order valence-electron chi connectivity index (χ2n) is 13.0. The molecule has 2 nitrogen and oxygen atoms in total. The van der Waals surface area contributed by atoms with Crippen LogP contribution in [0.15, 0.2) is 22.3 Å². The van der Waals surface area contributed by atoms with E-state index in [1.54, 1.807) is 22.3 Å². The molecular weight excluding hydrogens is 588 g/mol. The quantitative estimate of drug-likeness (QED) is 0.154. The van der Waals surface area contributed by atoms with Crippen LogP contribution in [0.2, 0.25) is 37.3 Å². The largest absolute Gasteiger partial charge is 4.00 e. The SMILES string of the molecule is CC1=C(C)[C@H]([Si](C)(C)[N-]C2CCC([N-][Si](C)(C)[C@H]3C(C)=C(C)[C@H](C)[C@H]3C)CC2)[C@H](C)[C@H]1C.[CH3-].[CH3-].[CH3-].[CH3-].[CH3-].[CH3-].[Ti+4].[Ti+4]. The van der Waals surface area contributed by atoms with E-state index in [1.165, 1.54) is 25.7 Å². The first-order valence-electron chi connectivity index (χ1n) is 13.5. The molecule has 6 heteroatoms. The fraction of sp³-hybridized carbons (Fsp3) is 0.706. The van der Waals surface area contributed by atoms with E-state index in [9.17, 15) is 0 Å². The number of allylic oxidation sites excluding steroid dienone is 4. The number of hydrogen-bond donors (Lipinski definition) is 0. The Hall–Kier alpha value is 1.26. The molecular formula is C34H70N2Si2Ti2. The molecule has 0 radical (unpaired) electrons. The molecule has 0 aromatic rings. The van der Waals surface area contributed by atoms with Crippen LogP contribution in [-0.2, 0) is 43.4 Å². The minimum absolute atomic E-state index is 0. The zero-order valence-electron chi connectivity index (χ0n) is 30.3. The molecule has 1 saturated carbocycles. The Morgan fingerprint density at radius 1 is 0.475 bits per heavy atom. The van der Waals surface area contributed by atoms with Crippen LogP contribution >= 0.6 is 0 Å². The predicted octanol–water partition coefficient (Wildman–Crippen LogP) is 12.1. The summed E-state index contributed by atoms with van der Waals surface area (Å²) < 4.78 is 0. The normalized spacial score (nSPS) is 31.5. The van der Waals surface area contributed by atoms with Crippen LogP contribution in [0.4, 0.5) is 0 Å². The third kappa shape index (κ3) is 10.7. The van der Waals surface area contributed by atoms with Crippen molar-refractivity contribution >= 4 is 16.5 Å². The van der Waals surface area contributed by atoms with Crippen molar-refractivity contribution in [1.82, 2.24) is 0 Å². The van der Waals surface area contributed by atoms with Gasteiger partial charge in [0.1, 0.15) is 0 Å². The van der Waals surface area contributed by atoms with Gasteiger partial charge in [0, 0.05) is 0 Å². The molecule has 3 rings (SSSR count). The first-order valence-corrected chi connectivity index (χ1v) is 19.5. The summed E-state index contributed by atoms with van der Waals surface area (Å²) in [5.41, 5.74) is 8.08. The Morgan fingerprint density at radius 2 is 0.700 bits per heavy atom.